The fourth-order valence-corrected chi connectivity index (χ4v) is 2.90. The number of nitrogens with zero attached hydrogens (tertiary/aromatic N) is 1. The number of aromatic nitrogens is 1. The summed E-state index contributed by atoms with van der Waals surface area (Å²) in [5, 5.41) is 4.38. The van der Waals surface area contributed by atoms with Gasteiger partial charge in [-0.3, -0.25) is 0 Å². The Kier molecular flexibility index (Phi) is 4.05. The molecule has 0 radical (unpaired) electrons. The fraction of sp³-hybridized carbons (Fsp3) is 0.0455. The van der Waals surface area contributed by atoms with Crippen molar-refractivity contribution in [2.75, 3.05) is 7.11 Å². The molecule has 0 amide bonds. The Hall–Kier alpha value is -3.33. The molecule has 25 heavy (non-hydrogen) atoms. The first-order valence-electron chi connectivity index (χ1n) is 8.12. The van der Waals surface area contributed by atoms with Crippen LogP contribution in [0.1, 0.15) is 0 Å². The zero-order chi connectivity index (χ0) is 17.1. The van der Waals surface area contributed by atoms with Gasteiger partial charge in [-0.1, -0.05) is 65.8 Å². The second-order valence-electron chi connectivity index (χ2n) is 5.70. The van der Waals surface area contributed by atoms with Gasteiger partial charge in [0.05, 0.1) is 12.7 Å². The van der Waals surface area contributed by atoms with Crippen molar-refractivity contribution in [1.29, 1.82) is 0 Å². The molecule has 0 spiro atoms. The van der Waals surface area contributed by atoms with Crippen molar-refractivity contribution in [2.45, 2.75) is 0 Å². The van der Waals surface area contributed by atoms with Gasteiger partial charge in [-0.2, -0.15) is 0 Å². The van der Waals surface area contributed by atoms with E-state index in [1.54, 1.807) is 7.11 Å². The third-order valence-corrected chi connectivity index (χ3v) is 4.15. The van der Waals surface area contributed by atoms with Gasteiger partial charge in [0.2, 0.25) is 0 Å². The molecule has 3 heteroatoms. The molecule has 4 aromatic rings. The third-order valence-electron chi connectivity index (χ3n) is 4.15. The van der Waals surface area contributed by atoms with Crippen LogP contribution in [0, 0.1) is 0 Å². The molecule has 0 N–H and O–H groups in total. The molecule has 0 unspecified atom stereocenters. The Balaban J connectivity index is 1.91. The van der Waals surface area contributed by atoms with E-state index in [0.717, 1.165) is 39.5 Å². The molecule has 3 nitrogen and oxygen atoms in total. The molecule has 1 aromatic heterocycles. The Morgan fingerprint density at radius 2 is 1.28 bits per heavy atom. The summed E-state index contributed by atoms with van der Waals surface area (Å²) in [6, 6.07) is 28.1. The van der Waals surface area contributed by atoms with Gasteiger partial charge in [-0.05, 0) is 29.8 Å². The van der Waals surface area contributed by atoms with Crippen LogP contribution >= 0.6 is 0 Å². The van der Waals surface area contributed by atoms with E-state index in [4.69, 9.17) is 9.26 Å². The fourth-order valence-electron chi connectivity index (χ4n) is 2.90. The van der Waals surface area contributed by atoms with Gasteiger partial charge in [0.15, 0.2) is 5.76 Å². The molecule has 0 aliphatic rings. The normalized spacial score (nSPS) is 10.6. The van der Waals surface area contributed by atoms with Crippen LogP contribution in [-0.2, 0) is 0 Å². The van der Waals surface area contributed by atoms with Gasteiger partial charge in [0, 0.05) is 11.1 Å². The maximum absolute atomic E-state index is 5.77. The van der Waals surface area contributed by atoms with Crippen molar-refractivity contribution in [2.24, 2.45) is 0 Å². The van der Waals surface area contributed by atoms with Crippen LogP contribution in [0.2, 0.25) is 0 Å². The van der Waals surface area contributed by atoms with Crippen molar-refractivity contribution in [3.05, 3.63) is 84.9 Å². The molecule has 1 heterocycles. The van der Waals surface area contributed by atoms with Crippen molar-refractivity contribution < 1.29 is 9.26 Å². The third kappa shape index (κ3) is 2.92. The van der Waals surface area contributed by atoms with Crippen LogP contribution in [0.15, 0.2) is 89.5 Å². The minimum absolute atomic E-state index is 0.757. The predicted octanol–water partition coefficient (Wildman–Crippen LogP) is 5.68. The number of hydrogen-bond acceptors (Lipinski definition) is 3. The average molecular weight is 327 g/mol. The first-order chi connectivity index (χ1) is 12.4. The zero-order valence-corrected chi connectivity index (χ0v) is 13.8. The number of rotatable bonds is 4. The Morgan fingerprint density at radius 1 is 0.680 bits per heavy atom. The highest BCUT2D eigenvalue weighted by molar-refractivity contribution is 5.90. The summed E-state index contributed by atoms with van der Waals surface area (Å²) in [7, 11) is 1.66. The summed E-state index contributed by atoms with van der Waals surface area (Å²) in [5.74, 6) is 1.57. The molecule has 3 aromatic carbocycles. The minimum Gasteiger partial charge on any atom is -0.497 e. The summed E-state index contributed by atoms with van der Waals surface area (Å²) in [4.78, 5) is 0. The summed E-state index contributed by atoms with van der Waals surface area (Å²) >= 11 is 0. The lowest BCUT2D eigenvalue weighted by atomic mass is 9.96. The lowest BCUT2D eigenvalue weighted by molar-refractivity contribution is 0.414. The van der Waals surface area contributed by atoms with E-state index < -0.39 is 0 Å². The van der Waals surface area contributed by atoms with Gasteiger partial charge in [-0.25, -0.2) is 0 Å². The van der Waals surface area contributed by atoms with Gasteiger partial charge in [-0.15, -0.1) is 0 Å². The lowest BCUT2D eigenvalue weighted by Gasteiger charge is -2.06. The topological polar surface area (TPSA) is 35.3 Å². The SMILES string of the molecule is COc1ccc(-c2onc(-c3ccccc3)c2-c2ccccc2)cc1. The molecule has 0 atom stereocenters. The molecule has 0 saturated carbocycles. The Morgan fingerprint density at radius 3 is 1.88 bits per heavy atom. The molecule has 122 valence electrons. The number of benzene rings is 3. The Labute approximate surface area is 146 Å². The highest BCUT2D eigenvalue weighted by atomic mass is 16.5. The zero-order valence-electron chi connectivity index (χ0n) is 13.8. The van der Waals surface area contributed by atoms with E-state index in [-0.39, 0.29) is 0 Å². The summed E-state index contributed by atoms with van der Waals surface area (Å²) in [6.45, 7) is 0. The summed E-state index contributed by atoms with van der Waals surface area (Å²) in [5.41, 5.74) is 4.92. The van der Waals surface area contributed by atoms with Crippen LogP contribution in [0.3, 0.4) is 0 Å². The predicted molar refractivity (Wildman–Crippen MR) is 99.4 cm³/mol. The maximum atomic E-state index is 5.77. The van der Waals surface area contributed by atoms with Crippen LogP contribution in [-0.4, -0.2) is 12.3 Å². The highest BCUT2D eigenvalue weighted by Crippen LogP contribution is 2.40. The van der Waals surface area contributed by atoms with Gasteiger partial charge in [0.25, 0.3) is 0 Å². The van der Waals surface area contributed by atoms with E-state index in [2.05, 4.69) is 17.3 Å². The van der Waals surface area contributed by atoms with Crippen molar-refractivity contribution in [1.82, 2.24) is 5.16 Å². The summed E-state index contributed by atoms with van der Waals surface area (Å²) < 4.78 is 11.0. The Bertz CT molecular complexity index is 958. The molecule has 0 saturated heterocycles. The van der Waals surface area contributed by atoms with E-state index >= 15 is 0 Å². The molecule has 0 fully saturated rings. The van der Waals surface area contributed by atoms with Crippen LogP contribution in [0.25, 0.3) is 33.7 Å². The van der Waals surface area contributed by atoms with Crippen LogP contribution in [0.5, 0.6) is 5.75 Å². The molecular weight excluding hydrogens is 310 g/mol. The van der Waals surface area contributed by atoms with Crippen molar-refractivity contribution in [3.8, 4) is 39.5 Å². The molecule has 0 aliphatic carbocycles. The highest BCUT2D eigenvalue weighted by Gasteiger charge is 2.20. The van der Waals surface area contributed by atoms with Gasteiger partial charge in [0.1, 0.15) is 11.4 Å². The monoisotopic (exact) mass is 327 g/mol. The largest absolute Gasteiger partial charge is 0.497 e. The van der Waals surface area contributed by atoms with E-state index in [1.807, 2.05) is 72.8 Å². The average Bonchev–Trinajstić information content (AvgIpc) is 3.14. The van der Waals surface area contributed by atoms with E-state index in [9.17, 15) is 0 Å². The number of methoxy groups -OCH3 is 1. The second-order valence-corrected chi connectivity index (χ2v) is 5.70. The standard InChI is InChI=1S/C22H17NO2/c1-24-19-14-12-18(13-15-19)22-20(16-8-4-2-5-9-16)21(23-25-22)17-10-6-3-7-11-17/h2-15H,1H3. The maximum Gasteiger partial charge on any atom is 0.175 e. The first-order valence-corrected chi connectivity index (χ1v) is 8.12. The van der Waals surface area contributed by atoms with Crippen molar-refractivity contribution >= 4 is 0 Å². The van der Waals surface area contributed by atoms with Crippen LogP contribution < -0.4 is 4.74 Å². The first kappa shape index (κ1) is 15.2. The number of ether oxygens (including phenoxy) is 1. The second kappa shape index (κ2) is 6.65. The molecule has 0 bridgehead atoms. The van der Waals surface area contributed by atoms with E-state index in [0.29, 0.717) is 0 Å². The number of hydrogen-bond donors (Lipinski definition) is 0. The smallest absolute Gasteiger partial charge is 0.175 e. The molecule has 0 aliphatic heterocycles. The molecule has 4 rings (SSSR count). The van der Waals surface area contributed by atoms with Gasteiger partial charge < -0.3 is 9.26 Å². The quantitative estimate of drug-likeness (QED) is 0.483. The van der Waals surface area contributed by atoms with Crippen molar-refractivity contribution in [3.63, 3.8) is 0 Å². The summed E-state index contributed by atoms with van der Waals surface area (Å²) in [6.07, 6.45) is 0. The molecular formula is C22H17NO2. The van der Waals surface area contributed by atoms with Gasteiger partial charge >= 0.3 is 0 Å². The minimum atomic E-state index is 0.757. The van der Waals surface area contributed by atoms with Crippen LogP contribution in [0.4, 0.5) is 0 Å². The lowest BCUT2D eigenvalue weighted by Crippen LogP contribution is -1.86. The van der Waals surface area contributed by atoms with E-state index in [1.165, 1.54) is 0 Å².